The minimum Gasteiger partial charge on any atom is -0.268 e. The Hall–Kier alpha value is -2.01. The maximum Gasteiger partial charge on any atom is 0.266 e. The summed E-state index contributed by atoms with van der Waals surface area (Å²) in [6, 6.07) is 6.90. The molecule has 0 bridgehead atoms. The summed E-state index contributed by atoms with van der Waals surface area (Å²) >= 11 is 3.31. The van der Waals surface area contributed by atoms with E-state index in [0.29, 0.717) is 21.3 Å². The highest BCUT2D eigenvalue weighted by atomic mass is 79.9. The molecule has 0 spiro atoms. The van der Waals surface area contributed by atoms with Crippen LogP contribution in [-0.4, -0.2) is 16.8 Å². The lowest BCUT2D eigenvalue weighted by Gasteiger charge is -2.14. The Morgan fingerprint density at radius 3 is 2.58 bits per heavy atom. The zero-order chi connectivity index (χ0) is 13.6. The number of fused-ring (bicyclic) bond motifs is 1. The van der Waals surface area contributed by atoms with Crippen molar-refractivity contribution in [2.24, 2.45) is 0 Å². The smallest absolute Gasteiger partial charge is 0.266 e. The second kappa shape index (κ2) is 4.28. The molecule has 1 aliphatic rings. The van der Waals surface area contributed by atoms with Gasteiger partial charge in [0, 0.05) is 12.4 Å². The number of aromatic nitrogens is 1. The van der Waals surface area contributed by atoms with Crippen molar-refractivity contribution in [1.82, 2.24) is 4.98 Å². The fourth-order valence-electron chi connectivity index (χ4n) is 2.12. The van der Waals surface area contributed by atoms with E-state index in [1.54, 1.807) is 30.6 Å². The molecule has 2 amide bonds. The molecule has 0 aliphatic carbocycles. The quantitative estimate of drug-likeness (QED) is 0.760. The average Bonchev–Trinajstić information content (AvgIpc) is 2.63. The van der Waals surface area contributed by atoms with E-state index < -0.39 is 0 Å². The summed E-state index contributed by atoms with van der Waals surface area (Å²) in [7, 11) is 0. The van der Waals surface area contributed by atoms with Gasteiger partial charge in [0.25, 0.3) is 11.8 Å². The number of amides is 2. The molecule has 5 heteroatoms. The maximum absolute atomic E-state index is 12.4. The van der Waals surface area contributed by atoms with Crippen molar-refractivity contribution in [2.75, 3.05) is 4.90 Å². The fourth-order valence-corrected chi connectivity index (χ4v) is 2.55. The molecule has 4 nitrogen and oxygen atoms in total. The second-order valence-electron chi connectivity index (χ2n) is 4.32. The van der Waals surface area contributed by atoms with Crippen LogP contribution >= 0.6 is 15.9 Å². The molecule has 1 aromatic heterocycles. The monoisotopic (exact) mass is 316 g/mol. The van der Waals surface area contributed by atoms with Gasteiger partial charge >= 0.3 is 0 Å². The third-order valence-electron chi connectivity index (χ3n) is 3.03. The van der Waals surface area contributed by atoms with Gasteiger partial charge in [0.05, 0.1) is 21.3 Å². The summed E-state index contributed by atoms with van der Waals surface area (Å²) in [5, 5.41) is 0. The van der Waals surface area contributed by atoms with Crippen molar-refractivity contribution in [3.05, 3.63) is 57.8 Å². The predicted octanol–water partition coefficient (Wildman–Crippen LogP) is 2.95. The Morgan fingerprint density at radius 1 is 1.11 bits per heavy atom. The zero-order valence-electron chi connectivity index (χ0n) is 10.1. The van der Waals surface area contributed by atoms with Gasteiger partial charge in [0.1, 0.15) is 0 Å². The summed E-state index contributed by atoms with van der Waals surface area (Å²) < 4.78 is 0.612. The van der Waals surface area contributed by atoms with E-state index in [4.69, 9.17) is 0 Å². The average molecular weight is 317 g/mol. The van der Waals surface area contributed by atoms with Gasteiger partial charge < -0.3 is 0 Å². The van der Waals surface area contributed by atoms with Crippen LogP contribution in [0.5, 0.6) is 0 Å². The molecule has 1 aliphatic heterocycles. The van der Waals surface area contributed by atoms with Gasteiger partial charge in [-0.15, -0.1) is 0 Å². The van der Waals surface area contributed by atoms with Gasteiger partial charge in [-0.1, -0.05) is 11.6 Å². The number of hydrogen-bond donors (Lipinski definition) is 0. The lowest BCUT2D eigenvalue weighted by atomic mass is 10.1. The molecule has 0 atom stereocenters. The van der Waals surface area contributed by atoms with Crippen LogP contribution in [0, 0.1) is 6.92 Å². The number of imide groups is 1. The number of benzene rings is 1. The largest absolute Gasteiger partial charge is 0.268 e. The summed E-state index contributed by atoms with van der Waals surface area (Å²) in [5.41, 5.74) is 2.36. The molecule has 19 heavy (non-hydrogen) atoms. The van der Waals surface area contributed by atoms with Gasteiger partial charge in [-0.2, -0.15) is 0 Å². The fraction of sp³-hybridized carbons (Fsp3) is 0.0714. The molecule has 1 aromatic carbocycles. The number of hydrogen-bond acceptors (Lipinski definition) is 3. The number of carbonyl (C=O) groups excluding carboxylic acids is 2. The number of pyridine rings is 1. The van der Waals surface area contributed by atoms with E-state index in [2.05, 4.69) is 20.9 Å². The predicted molar refractivity (Wildman–Crippen MR) is 74.3 cm³/mol. The number of rotatable bonds is 1. The normalized spacial score (nSPS) is 13.9. The first-order valence-electron chi connectivity index (χ1n) is 5.68. The number of anilines is 1. The van der Waals surface area contributed by atoms with Gasteiger partial charge in [-0.3, -0.25) is 14.6 Å². The van der Waals surface area contributed by atoms with Crippen LogP contribution in [0.4, 0.5) is 5.69 Å². The van der Waals surface area contributed by atoms with Crippen LogP contribution in [0.15, 0.2) is 41.1 Å². The van der Waals surface area contributed by atoms with Gasteiger partial charge in [0.2, 0.25) is 0 Å². The standard InChI is InChI=1S/C14H9BrN2O2/c1-8-2-3-9-10(6-8)14(19)17(13(9)18)12-4-5-16-7-11(12)15/h2-7H,1H3. The van der Waals surface area contributed by atoms with E-state index in [-0.39, 0.29) is 11.8 Å². The van der Waals surface area contributed by atoms with E-state index in [1.807, 2.05) is 13.0 Å². The number of aryl methyl sites for hydroxylation is 1. The highest BCUT2D eigenvalue weighted by Crippen LogP contribution is 2.32. The van der Waals surface area contributed by atoms with Crippen LogP contribution in [-0.2, 0) is 0 Å². The first-order valence-corrected chi connectivity index (χ1v) is 6.48. The first kappa shape index (κ1) is 12.0. The van der Waals surface area contributed by atoms with E-state index >= 15 is 0 Å². The molecule has 0 saturated carbocycles. The van der Waals surface area contributed by atoms with E-state index in [1.165, 1.54) is 4.90 Å². The Kier molecular flexibility index (Phi) is 2.71. The number of halogens is 1. The van der Waals surface area contributed by atoms with E-state index in [9.17, 15) is 9.59 Å². The molecule has 94 valence electrons. The molecule has 2 heterocycles. The van der Waals surface area contributed by atoms with Crippen LogP contribution in [0.1, 0.15) is 26.3 Å². The molecule has 0 N–H and O–H groups in total. The number of nitrogens with zero attached hydrogens (tertiary/aromatic N) is 2. The molecule has 3 rings (SSSR count). The second-order valence-corrected chi connectivity index (χ2v) is 5.18. The molecular weight excluding hydrogens is 308 g/mol. The molecular formula is C14H9BrN2O2. The minimum atomic E-state index is -0.299. The summed E-state index contributed by atoms with van der Waals surface area (Å²) in [4.78, 5) is 29.8. The molecule has 2 aromatic rings. The summed E-state index contributed by atoms with van der Waals surface area (Å²) in [6.07, 6.45) is 3.11. The molecule has 0 radical (unpaired) electrons. The van der Waals surface area contributed by atoms with Crippen molar-refractivity contribution in [3.8, 4) is 0 Å². The third kappa shape index (κ3) is 1.77. The molecule has 0 fully saturated rings. The van der Waals surface area contributed by atoms with Crippen molar-refractivity contribution in [2.45, 2.75) is 6.92 Å². The SMILES string of the molecule is Cc1ccc2c(c1)C(=O)N(c1ccncc1Br)C2=O. The van der Waals surface area contributed by atoms with Gasteiger partial charge in [-0.25, -0.2) is 4.90 Å². The van der Waals surface area contributed by atoms with Crippen molar-refractivity contribution in [3.63, 3.8) is 0 Å². The lowest BCUT2D eigenvalue weighted by Crippen LogP contribution is -2.29. The lowest BCUT2D eigenvalue weighted by molar-refractivity contribution is 0.0926. The maximum atomic E-state index is 12.4. The Morgan fingerprint density at radius 2 is 1.84 bits per heavy atom. The van der Waals surface area contributed by atoms with Crippen molar-refractivity contribution in [1.29, 1.82) is 0 Å². The van der Waals surface area contributed by atoms with Crippen LogP contribution in [0.3, 0.4) is 0 Å². The zero-order valence-corrected chi connectivity index (χ0v) is 11.6. The molecule has 0 unspecified atom stereocenters. The van der Waals surface area contributed by atoms with Crippen molar-refractivity contribution < 1.29 is 9.59 Å². The van der Waals surface area contributed by atoms with Crippen LogP contribution in [0.2, 0.25) is 0 Å². The van der Waals surface area contributed by atoms with Crippen LogP contribution in [0.25, 0.3) is 0 Å². The van der Waals surface area contributed by atoms with Crippen molar-refractivity contribution >= 4 is 33.4 Å². The Labute approximate surface area is 118 Å². The topological polar surface area (TPSA) is 50.3 Å². The summed E-state index contributed by atoms with van der Waals surface area (Å²) in [6.45, 7) is 1.89. The van der Waals surface area contributed by atoms with Gasteiger partial charge in [0.15, 0.2) is 0 Å². The van der Waals surface area contributed by atoms with Crippen LogP contribution < -0.4 is 4.90 Å². The third-order valence-corrected chi connectivity index (χ3v) is 3.65. The van der Waals surface area contributed by atoms with Gasteiger partial charge in [-0.05, 0) is 41.1 Å². The van der Waals surface area contributed by atoms with E-state index in [0.717, 1.165) is 5.56 Å². The Bertz CT molecular complexity index is 712. The molecule has 0 saturated heterocycles. The highest BCUT2D eigenvalue weighted by molar-refractivity contribution is 9.10. The summed E-state index contributed by atoms with van der Waals surface area (Å²) in [5.74, 6) is -0.595. The number of carbonyl (C=O) groups is 2. The first-order chi connectivity index (χ1) is 9.09. The minimum absolute atomic E-state index is 0.296. The highest BCUT2D eigenvalue weighted by Gasteiger charge is 2.37. The Balaban J connectivity index is 2.16.